The molecule has 2 heterocycles. The Bertz CT molecular complexity index is 803. The number of esters is 1. The SMILES string of the molecule is CC(=O)OC1CCC(C(=O)CC2c3ccccc3-c3cncn32)CC1. The van der Waals surface area contributed by atoms with Gasteiger partial charge in [-0.05, 0) is 31.2 Å². The molecule has 1 aliphatic carbocycles. The van der Waals surface area contributed by atoms with Crippen LogP contribution in [-0.2, 0) is 14.3 Å². The van der Waals surface area contributed by atoms with Gasteiger partial charge in [-0.3, -0.25) is 9.59 Å². The van der Waals surface area contributed by atoms with Crippen LogP contribution < -0.4 is 0 Å². The van der Waals surface area contributed by atoms with Crippen LogP contribution in [0.15, 0.2) is 36.8 Å². The average molecular weight is 338 g/mol. The molecule has 4 rings (SSSR count). The van der Waals surface area contributed by atoms with Crippen molar-refractivity contribution in [1.82, 2.24) is 9.55 Å². The molecule has 1 unspecified atom stereocenters. The molecule has 0 saturated heterocycles. The van der Waals surface area contributed by atoms with Crippen LogP contribution in [0.3, 0.4) is 0 Å². The number of ether oxygens (including phenoxy) is 1. The van der Waals surface area contributed by atoms with E-state index >= 15 is 0 Å². The maximum Gasteiger partial charge on any atom is 0.302 e. The van der Waals surface area contributed by atoms with Gasteiger partial charge in [-0.25, -0.2) is 4.98 Å². The van der Waals surface area contributed by atoms with Crippen molar-refractivity contribution in [2.45, 2.75) is 51.2 Å². The van der Waals surface area contributed by atoms with Gasteiger partial charge < -0.3 is 9.30 Å². The van der Waals surface area contributed by atoms with Gasteiger partial charge in [-0.2, -0.15) is 0 Å². The van der Waals surface area contributed by atoms with Gasteiger partial charge in [0.05, 0.1) is 24.3 Å². The predicted molar refractivity (Wildman–Crippen MR) is 92.9 cm³/mol. The Morgan fingerprint density at radius 3 is 2.72 bits per heavy atom. The lowest BCUT2D eigenvalue weighted by atomic mass is 9.82. The molecular weight excluding hydrogens is 316 g/mol. The fraction of sp³-hybridized carbons (Fsp3) is 0.450. The van der Waals surface area contributed by atoms with Gasteiger partial charge in [-0.1, -0.05) is 24.3 Å². The smallest absolute Gasteiger partial charge is 0.302 e. The minimum absolute atomic E-state index is 0.0194. The molecule has 1 aromatic carbocycles. The summed E-state index contributed by atoms with van der Waals surface area (Å²) in [5, 5.41) is 0. The molecule has 1 aromatic heterocycles. The highest BCUT2D eigenvalue weighted by Gasteiger charge is 2.33. The third kappa shape index (κ3) is 2.99. The zero-order valence-electron chi connectivity index (χ0n) is 14.4. The largest absolute Gasteiger partial charge is 0.463 e. The van der Waals surface area contributed by atoms with Crippen molar-refractivity contribution < 1.29 is 14.3 Å². The highest BCUT2D eigenvalue weighted by Crippen LogP contribution is 2.41. The second kappa shape index (κ2) is 6.47. The molecule has 1 aliphatic heterocycles. The molecule has 1 saturated carbocycles. The van der Waals surface area contributed by atoms with Crippen molar-refractivity contribution in [3.8, 4) is 11.3 Å². The molecular formula is C20H22N2O3. The monoisotopic (exact) mass is 338 g/mol. The van der Waals surface area contributed by atoms with Gasteiger partial charge in [0.25, 0.3) is 0 Å². The van der Waals surface area contributed by atoms with Gasteiger partial charge in [0, 0.05) is 24.8 Å². The number of carbonyl (C=O) groups is 2. The Hall–Kier alpha value is -2.43. The van der Waals surface area contributed by atoms with Gasteiger partial charge in [-0.15, -0.1) is 0 Å². The molecule has 0 N–H and O–H groups in total. The molecule has 1 fully saturated rings. The molecule has 0 radical (unpaired) electrons. The van der Waals surface area contributed by atoms with Crippen LogP contribution in [0.1, 0.15) is 50.6 Å². The third-order valence-corrected chi connectivity index (χ3v) is 5.45. The zero-order valence-corrected chi connectivity index (χ0v) is 14.4. The fourth-order valence-electron chi connectivity index (χ4n) is 4.24. The summed E-state index contributed by atoms with van der Waals surface area (Å²) in [5.41, 5.74) is 3.48. The summed E-state index contributed by atoms with van der Waals surface area (Å²) < 4.78 is 7.39. The summed E-state index contributed by atoms with van der Waals surface area (Å²) in [6, 6.07) is 8.31. The highest BCUT2D eigenvalue weighted by atomic mass is 16.5. The van der Waals surface area contributed by atoms with E-state index in [1.807, 2.05) is 24.7 Å². The molecule has 0 amide bonds. The number of carbonyl (C=O) groups excluding carboxylic acids is 2. The van der Waals surface area contributed by atoms with Crippen molar-refractivity contribution >= 4 is 11.8 Å². The van der Waals surface area contributed by atoms with Crippen LogP contribution in [-0.4, -0.2) is 27.4 Å². The Morgan fingerprint density at radius 2 is 1.96 bits per heavy atom. The number of hydrogen-bond donors (Lipinski definition) is 0. The van der Waals surface area contributed by atoms with Crippen LogP contribution in [0, 0.1) is 5.92 Å². The van der Waals surface area contributed by atoms with Gasteiger partial charge in [0.2, 0.25) is 0 Å². The van der Waals surface area contributed by atoms with Crippen molar-refractivity contribution in [3.05, 3.63) is 42.4 Å². The maximum atomic E-state index is 12.9. The van der Waals surface area contributed by atoms with Crippen LogP contribution in [0.25, 0.3) is 11.3 Å². The number of ketones is 1. The number of Topliss-reactive ketones (excluding diaryl/α,β-unsaturated/α-hetero) is 1. The normalized spacial score (nSPS) is 24.4. The van der Waals surface area contributed by atoms with E-state index in [2.05, 4.69) is 21.7 Å². The van der Waals surface area contributed by atoms with E-state index in [0.717, 1.165) is 31.4 Å². The molecule has 0 spiro atoms. The van der Waals surface area contributed by atoms with Crippen molar-refractivity contribution in [1.29, 1.82) is 0 Å². The van der Waals surface area contributed by atoms with Gasteiger partial charge in [0.1, 0.15) is 11.9 Å². The Morgan fingerprint density at radius 1 is 1.20 bits per heavy atom. The van der Waals surface area contributed by atoms with E-state index in [0.29, 0.717) is 12.2 Å². The third-order valence-electron chi connectivity index (χ3n) is 5.45. The number of aromatic nitrogens is 2. The second-order valence-electron chi connectivity index (χ2n) is 7.04. The summed E-state index contributed by atoms with van der Waals surface area (Å²) in [6.07, 6.45) is 7.36. The summed E-state index contributed by atoms with van der Waals surface area (Å²) in [7, 11) is 0. The summed E-state index contributed by atoms with van der Waals surface area (Å²) in [5.74, 6) is 0.152. The zero-order chi connectivity index (χ0) is 17.4. The number of nitrogens with zero attached hydrogens (tertiary/aromatic N) is 2. The first-order valence-electron chi connectivity index (χ1n) is 8.94. The van der Waals surface area contributed by atoms with Crippen molar-refractivity contribution in [3.63, 3.8) is 0 Å². The number of imidazole rings is 1. The molecule has 130 valence electrons. The minimum Gasteiger partial charge on any atom is -0.463 e. The first-order valence-corrected chi connectivity index (χ1v) is 8.94. The van der Waals surface area contributed by atoms with E-state index in [4.69, 9.17) is 4.74 Å². The molecule has 1 atom stereocenters. The van der Waals surface area contributed by atoms with E-state index in [1.54, 1.807) is 0 Å². The first kappa shape index (κ1) is 16.1. The van der Waals surface area contributed by atoms with Crippen LogP contribution in [0.4, 0.5) is 0 Å². The van der Waals surface area contributed by atoms with E-state index in [-0.39, 0.29) is 24.0 Å². The summed E-state index contributed by atoms with van der Waals surface area (Å²) in [4.78, 5) is 28.2. The van der Waals surface area contributed by atoms with E-state index in [1.165, 1.54) is 18.1 Å². The molecule has 5 nitrogen and oxygen atoms in total. The lowest BCUT2D eigenvalue weighted by Crippen LogP contribution is -2.28. The van der Waals surface area contributed by atoms with E-state index < -0.39 is 0 Å². The second-order valence-corrected chi connectivity index (χ2v) is 7.04. The van der Waals surface area contributed by atoms with Crippen LogP contribution >= 0.6 is 0 Å². The highest BCUT2D eigenvalue weighted by molar-refractivity contribution is 5.83. The topological polar surface area (TPSA) is 61.2 Å². The minimum atomic E-state index is -0.232. The molecule has 0 bridgehead atoms. The van der Waals surface area contributed by atoms with E-state index in [9.17, 15) is 9.59 Å². The maximum absolute atomic E-state index is 12.9. The van der Waals surface area contributed by atoms with Gasteiger partial charge >= 0.3 is 5.97 Å². The number of benzene rings is 1. The number of rotatable bonds is 4. The molecule has 25 heavy (non-hydrogen) atoms. The Balaban J connectivity index is 1.45. The average Bonchev–Trinajstić information content (AvgIpc) is 3.18. The Labute approximate surface area is 147 Å². The number of hydrogen-bond acceptors (Lipinski definition) is 4. The lowest BCUT2D eigenvalue weighted by molar-refractivity contribution is -0.148. The quantitative estimate of drug-likeness (QED) is 0.800. The fourth-order valence-corrected chi connectivity index (χ4v) is 4.24. The first-order chi connectivity index (χ1) is 12.1. The predicted octanol–water partition coefficient (Wildman–Crippen LogP) is 3.53. The van der Waals surface area contributed by atoms with Crippen LogP contribution in [0.2, 0.25) is 0 Å². The molecule has 2 aliphatic rings. The van der Waals surface area contributed by atoms with Crippen molar-refractivity contribution in [2.24, 2.45) is 5.92 Å². The lowest BCUT2D eigenvalue weighted by Gasteiger charge is -2.28. The van der Waals surface area contributed by atoms with Crippen molar-refractivity contribution in [2.75, 3.05) is 0 Å². The molecule has 5 heteroatoms. The summed E-state index contributed by atoms with van der Waals surface area (Å²) >= 11 is 0. The standard InChI is InChI=1S/C20H22N2O3/c1-13(23)25-15-8-6-14(7-9-15)20(24)10-18-16-4-2-3-5-17(16)19-11-21-12-22(18)19/h2-5,11-12,14-15,18H,6-10H2,1H3. The van der Waals surface area contributed by atoms with Gasteiger partial charge in [0.15, 0.2) is 0 Å². The Kier molecular flexibility index (Phi) is 4.15. The number of fused-ring (bicyclic) bond motifs is 3. The summed E-state index contributed by atoms with van der Waals surface area (Å²) in [6.45, 7) is 1.44. The molecule has 2 aromatic rings. The van der Waals surface area contributed by atoms with Crippen LogP contribution in [0.5, 0.6) is 0 Å².